The maximum Gasteiger partial charge on any atom is 0.207 e. The van der Waals surface area contributed by atoms with Crippen LogP contribution in [0.1, 0.15) is 4.88 Å². The Bertz CT molecular complexity index is 848. The van der Waals surface area contributed by atoms with E-state index >= 15 is 0 Å². The van der Waals surface area contributed by atoms with Crippen LogP contribution in [0.25, 0.3) is 11.9 Å². The lowest BCUT2D eigenvalue weighted by Gasteiger charge is -1.92. The molecule has 2 N–H and O–H groups in total. The summed E-state index contributed by atoms with van der Waals surface area (Å²) in [6.07, 6.45) is 1.82. The van der Waals surface area contributed by atoms with E-state index in [1.807, 2.05) is 30.3 Å². The molecule has 1 aromatic carbocycles. The maximum absolute atomic E-state index is 9.72. The second kappa shape index (κ2) is 4.82. The minimum atomic E-state index is 0.0597. The maximum atomic E-state index is 9.72. The summed E-state index contributed by atoms with van der Waals surface area (Å²) in [6, 6.07) is 7.53. The second-order valence-corrected chi connectivity index (χ2v) is 5.38. The van der Waals surface area contributed by atoms with Crippen molar-refractivity contribution in [3.05, 3.63) is 43.5 Å². The highest BCUT2D eigenvalue weighted by atomic mass is 32.1. The van der Waals surface area contributed by atoms with Gasteiger partial charge in [-0.1, -0.05) is 24.3 Å². The van der Waals surface area contributed by atoms with E-state index in [2.05, 4.69) is 25.7 Å². The average molecular weight is 289 g/mol. The largest absolute Gasteiger partial charge is 0.494 e. The fourth-order valence-electron chi connectivity index (χ4n) is 1.65. The van der Waals surface area contributed by atoms with Crippen LogP contribution in [0, 0.1) is 3.95 Å². The molecule has 0 radical (unpaired) electrons. The molecule has 19 heavy (non-hydrogen) atoms. The molecule has 0 bridgehead atoms. The van der Waals surface area contributed by atoms with Crippen molar-refractivity contribution in [3.63, 3.8) is 0 Å². The van der Waals surface area contributed by atoms with Crippen molar-refractivity contribution in [2.45, 2.75) is 0 Å². The van der Waals surface area contributed by atoms with Crippen LogP contribution in [0.15, 0.2) is 44.9 Å². The van der Waals surface area contributed by atoms with Gasteiger partial charge in [0.15, 0.2) is 3.95 Å². The van der Waals surface area contributed by atoms with E-state index in [1.165, 1.54) is 11.3 Å². The summed E-state index contributed by atoms with van der Waals surface area (Å²) in [5.74, 6) is 0.509. The van der Waals surface area contributed by atoms with Gasteiger partial charge in [-0.05, 0) is 34.0 Å². The van der Waals surface area contributed by atoms with Crippen LogP contribution in [-0.2, 0) is 0 Å². The third-order valence-corrected chi connectivity index (χ3v) is 3.63. The summed E-state index contributed by atoms with van der Waals surface area (Å²) in [6.45, 7) is 0. The van der Waals surface area contributed by atoms with Crippen molar-refractivity contribution in [2.24, 2.45) is 20.7 Å². The van der Waals surface area contributed by atoms with Gasteiger partial charge in [-0.3, -0.25) is 0 Å². The molecule has 3 rings (SSSR count). The molecule has 0 saturated carbocycles. The molecule has 6 nitrogen and oxygen atoms in total. The first-order valence-electron chi connectivity index (χ1n) is 5.29. The Hall–Kier alpha value is -2.19. The number of aromatic amines is 1. The van der Waals surface area contributed by atoms with Crippen LogP contribution in [0.3, 0.4) is 0 Å². The Labute approximate surface area is 116 Å². The molecule has 1 aliphatic rings. The zero-order chi connectivity index (χ0) is 13.2. The van der Waals surface area contributed by atoms with Crippen LogP contribution in [0.2, 0.25) is 0 Å². The van der Waals surface area contributed by atoms with Gasteiger partial charge in [0.2, 0.25) is 11.7 Å². The Morgan fingerprint density at radius 2 is 1.95 bits per heavy atom. The molecule has 2 heterocycles. The lowest BCUT2D eigenvalue weighted by Crippen LogP contribution is -2.25. The van der Waals surface area contributed by atoms with Crippen LogP contribution < -0.4 is 10.4 Å². The van der Waals surface area contributed by atoms with E-state index in [4.69, 9.17) is 12.2 Å². The van der Waals surface area contributed by atoms with E-state index in [1.54, 1.807) is 0 Å². The molecule has 0 aliphatic carbocycles. The molecule has 0 fully saturated rings. The minimum Gasteiger partial charge on any atom is -0.494 e. The van der Waals surface area contributed by atoms with E-state index < -0.39 is 0 Å². The smallest absolute Gasteiger partial charge is 0.207 e. The molecule has 2 aromatic rings. The van der Waals surface area contributed by atoms with Crippen molar-refractivity contribution in [3.8, 4) is 5.88 Å². The molecule has 8 heteroatoms. The third-order valence-electron chi connectivity index (χ3n) is 2.46. The van der Waals surface area contributed by atoms with Gasteiger partial charge < -0.3 is 10.1 Å². The highest BCUT2D eigenvalue weighted by molar-refractivity contribution is 7.73. The van der Waals surface area contributed by atoms with Crippen molar-refractivity contribution in [2.75, 3.05) is 0 Å². The van der Waals surface area contributed by atoms with Crippen molar-refractivity contribution in [1.29, 1.82) is 0 Å². The summed E-state index contributed by atoms with van der Waals surface area (Å²) in [5.41, 5.74) is 0. The molecule has 0 unspecified atom stereocenters. The highest BCUT2D eigenvalue weighted by Gasteiger charge is 2.04. The topological polar surface area (TPSA) is 85.5 Å². The number of aromatic hydroxyl groups is 1. The van der Waals surface area contributed by atoms with Gasteiger partial charge in [0.05, 0.1) is 4.88 Å². The monoisotopic (exact) mass is 289 g/mol. The number of benzene rings is 1. The SMILES string of the molecule is Oc1[nH]c(=S)sc1C=c1ccccc1=C1N=NN=N1. The molecular formula is C11H7N5OS2. The first-order valence-corrected chi connectivity index (χ1v) is 6.51. The van der Waals surface area contributed by atoms with Crippen LogP contribution >= 0.6 is 23.6 Å². The quantitative estimate of drug-likeness (QED) is 0.789. The molecule has 1 aliphatic heterocycles. The first kappa shape index (κ1) is 11.9. The van der Waals surface area contributed by atoms with Gasteiger partial charge >= 0.3 is 0 Å². The van der Waals surface area contributed by atoms with Gasteiger partial charge in [0, 0.05) is 5.22 Å². The third kappa shape index (κ3) is 2.35. The Morgan fingerprint density at radius 1 is 1.21 bits per heavy atom. The van der Waals surface area contributed by atoms with Crippen molar-refractivity contribution >= 4 is 35.5 Å². The Morgan fingerprint density at radius 3 is 2.63 bits per heavy atom. The average Bonchev–Trinajstić information content (AvgIpc) is 3.01. The van der Waals surface area contributed by atoms with Gasteiger partial charge in [-0.25, -0.2) is 0 Å². The number of H-pyrrole nitrogens is 1. The highest BCUT2D eigenvalue weighted by Crippen LogP contribution is 2.21. The van der Waals surface area contributed by atoms with E-state index in [-0.39, 0.29) is 5.88 Å². The fraction of sp³-hybridized carbons (Fsp3) is 0. The number of aromatic nitrogens is 1. The Balaban J connectivity index is 2.31. The van der Waals surface area contributed by atoms with Gasteiger partial charge in [0.25, 0.3) is 0 Å². The molecule has 0 saturated heterocycles. The number of rotatable bonds is 1. The van der Waals surface area contributed by atoms with Crippen molar-refractivity contribution in [1.82, 2.24) is 4.98 Å². The summed E-state index contributed by atoms with van der Waals surface area (Å²) in [5, 5.41) is 26.0. The van der Waals surface area contributed by atoms with Gasteiger partial charge in [-0.15, -0.1) is 21.6 Å². The normalized spacial score (nSPS) is 14.5. The number of nitrogens with one attached hydrogen (secondary N) is 1. The molecule has 94 valence electrons. The molecule has 0 atom stereocenters. The molecule has 0 amide bonds. The number of nitrogens with zero attached hydrogens (tertiary/aromatic N) is 4. The van der Waals surface area contributed by atoms with E-state index in [0.29, 0.717) is 14.7 Å². The predicted octanol–water partition coefficient (Wildman–Crippen LogP) is 2.24. The van der Waals surface area contributed by atoms with Crippen LogP contribution in [0.4, 0.5) is 0 Å². The zero-order valence-corrected chi connectivity index (χ0v) is 11.1. The predicted molar refractivity (Wildman–Crippen MR) is 73.5 cm³/mol. The second-order valence-electron chi connectivity index (χ2n) is 3.66. The number of thiazole rings is 1. The first-order chi connectivity index (χ1) is 9.24. The fourth-order valence-corrected chi connectivity index (χ4v) is 2.70. The van der Waals surface area contributed by atoms with Crippen molar-refractivity contribution < 1.29 is 5.11 Å². The van der Waals surface area contributed by atoms with Crippen LogP contribution in [0.5, 0.6) is 5.88 Å². The van der Waals surface area contributed by atoms with Gasteiger partial charge in [0.1, 0.15) is 0 Å². The zero-order valence-electron chi connectivity index (χ0n) is 9.44. The summed E-state index contributed by atoms with van der Waals surface area (Å²) in [7, 11) is 0. The number of hydrogen-bond donors (Lipinski definition) is 2. The Kier molecular flexibility index (Phi) is 3.02. The van der Waals surface area contributed by atoms with E-state index in [0.717, 1.165) is 10.4 Å². The van der Waals surface area contributed by atoms with Crippen LogP contribution in [-0.4, -0.2) is 10.1 Å². The summed E-state index contributed by atoms with van der Waals surface area (Å²) < 4.78 is 0.522. The summed E-state index contributed by atoms with van der Waals surface area (Å²) >= 11 is 6.28. The summed E-state index contributed by atoms with van der Waals surface area (Å²) in [4.78, 5) is 3.34. The number of hydrogen-bond acceptors (Lipinski definition) is 7. The minimum absolute atomic E-state index is 0.0597. The lowest BCUT2D eigenvalue weighted by atomic mass is 10.2. The molecular weight excluding hydrogens is 282 g/mol. The molecule has 1 aromatic heterocycles. The standard InChI is InChI=1S/C11H7N5OS2/c17-10-8(19-11(18)12-10)5-6-3-1-2-4-7(6)9-13-15-16-14-9/h1-5,17H,(H,12,18). The molecule has 0 spiro atoms. The van der Waals surface area contributed by atoms with Gasteiger partial charge in [-0.2, -0.15) is 0 Å². The van der Waals surface area contributed by atoms with E-state index in [9.17, 15) is 5.11 Å². The lowest BCUT2D eigenvalue weighted by molar-refractivity contribution is 0.456.